The van der Waals surface area contributed by atoms with Crippen LogP contribution in [0.15, 0.2) is 46.9 Å². The molecular weight excluding hydrogens is 204 g/mol. The zero-order valence-corrected chi connectivity index (χ0v) is 10.1. The maximum atomic E-state index is 11.7. The Hall–Kier alpha value is -1.02. The zero-order chi connectivity index (χ0) is 11.3. The SMILES string of the molecule is C=CC1=CC(=O)/C(=C/C(=C\C)CC)CS1. The Labute approximate surface area is 95.6 Å². The summed E-state index contributed by atoms with van der Waals surface area (Å²) in [5.74, 6) is 0.880. The average molecular weight is 220 g/mol. The minimum Gasteiger partial charge on any atom is -0.290 e. The van der Waals surface area contributed by atoms with Crippen molar-refractivity contribution in [3.63, 3.8) is 0 Å². The molecule has 1 aliphatic rings. The summed E-state index contributed by atoms with van der Waals surface area (Å²) in [5.41, 5.74) is 2.11. The number of carbonyl (C=O) groups excluding carboxylic acids is 1. The first-order valence-electron chi connectivity index (χ1n) is 5.08. The van der Waals surface area contributed by atoms with E-state index in [1.165, 1.54) is 5.57 Å². The van der Waals surface area contributed by atoms with Crippen molar-refractivity contribution in [3.8, 4) is 0 Å². The van der Waals surface area contributed by atoms with E-state index in [9.17, 15) is 4.79 Å². The molecule has 0 aliphatic carbocycles. The van der Waals surface area contributed by atoms with Gasteiger partial charge in [-0.15, -0.1) is 11.8 Å². The first-order chi connectivity index (χ1) is 7.21. The summed E-state index contributed by atoms with van der Waals surface area (Å²) < 4.78 is 0. The number of rotatable bonds is 3. The predicted octanol–water partition coefficient (Wildman–Crippen LogP) is 3.65. The lowest BCUT2D eigenvalue weighted by molar-refractivity contribution is -0.111. The zero-order valence-electron chi connectivity index (χ0n) is 9.25. The molecule has 1 heterocycles. The minimum atomic E-state index is 0.122. The first kappa shape index (κ1) is 12.1. The molecule has 0 bridgehead atoms. The van der Waals surface area contributed by atoms with Gasteiger partial charge in [0.1, 0.15) is 0 Å². The normalized spacial score (nSPS) is 20.4. The molecular formula is C13H16OS. The van der Waals surface area contributed by atoms with Gasteiger partial charge in [-0.1, -0.05) is 37.3 Å². The van der Waals surface area contributed by atoms with Crippen molar-refractivity contribution in [2.75, 3.05) is 5.75 Å². The van der Waals surface area contributed by atoms with E-state index in [0.717, 1.165) is 22.7 Å². The van der Waals surface area contributed by atoms with Crippen LogP contribution in [-0.2, 0) is 4.79 Å². The van der Waals surface area contributed by atoms with Crippen molar-refractivity contribution in [1.29, 1.82) is 0 Å². The second-order valence-corrected chi connectivity index (χ2v) is 4.34. The van der Waals surface area contributed by atoms with Crippen LogP contribution in [0.5, 0.6) is 0 Å². The smallest absolute Gasteiger partial charge is 0.183 e. The van der Waals surface area contributed by atoms with E-state index in [-0.39, 0.29) is 5.78 Å². The molecule has 0 unspecified atom stereocenters. The van der Waals surface area contributed by atoms with Crippen LogP contribution in [-0.4, -0.2) is 11.5 Å². The van der Waals surface area contributed by atoms with Crippen LogP contribution >= 0.6 is 11.8 Å². The Balaban J connectivity index is 2.88. The largest absolute Gasteiger partial charge is 0.290 e. The minimum absolute atomic E-state index is 0.122. The van der Waals surface area contributed by atoms with Gasteiger partial charge in [0.25, 0.3) is 0 Å². The summed E-state index contributed by atoms with van der Waals surface area (Å²) in [5, 5.41) is 0. The second kappa shape index (κ2) is 5.76. The molecule has 0 atom stereocenters. The summed E-state index contributed by atoms with van der Waals surface area (Å²) >= 11 is 1.66. The van der Waals surface area contributed by atoms with Gasteiger partial charge in [0.2, 0.25) is 0 Å². The van der Waals surface area contributed by atoms with Gasteiger partial charge in [0.05, 0.1) is 0 Å². The highest BCUT2D eigenvalue weighted by molar-refractivity contribution is 8.03. The lowest BCUT2D eigenvalue weighted by Gasteiger charge is -2.11. The number of carbonyl (C=O) groups is 1. The van der Waals surface area contributed by atoms with Gasteiger partial charge in [0.15, 0.2) is 5.78 Å². The van der Waals surface area contributed by atoms with Crippen LogP contribution in [0.3, 0.4) is 0 Å². The van der Waals surface area contributed by atoms with Crippen molar-refractivity contribution >= 4 is 17.5 Å². The number of thioether (sulfide) groups is 1. The fourth-order valence-electron chi connectivity index (χ4n) is 1.34. The predicted molar refractivity (Wildman–Crippen MR) is 67.9 cm³/mol. The maximum Gasteiger partial charge on any atom is 0.183 e. The Kier molecular flexibility index (Phi) is 4.63. The van der Waals surface area contributed by atoms with Gasteiger partial charge in [-0.3, -0.25) is 4.79 Å². The fourth-order valence-corrected chi connectivity index (χ4v) is 2.20. The highest BCUT2D eigenvalue weighted by atomic mass is 32.2. The molecule has 0 aromatic carbocycles. The number of ketones is 1. The molecule has 1 nitrogen and oxygen atoms in total. The molecule has 0 saturated carbocycles. The van der Waals surface area contributed by atoms with E-state index in [0.29, 0.717) is 0 Å². The third-order valence-electron chi connectivity index (χ3n) is 2.32. The third-order valence-corrected chi connectivity index (χ3v) is 3.40. The first-order valence-corrected chi connectivity index (χ1v) is 6.06. The molecule has 0 spiro atoms. The summed E-state index contributed by atoms with van der Waals surface area (Å²) in [4.78, 5) is 12.7. The monoisotopic (exact) mass is 220 g/mol. The Morgan fingerprint density at radius 1 is 1.67 bits per heavy atom. The number of allylic oxidation sites excluding steroid dienone is 5. The van der Waals surface area contributed by atoms with E-state index in [2.05, 4.69) is 19.6 Å². The highest BCUT2D eigenvalue weighted by Gasteiger charge is 2.14. The molecule has 1 aliphatic heterocycles. The van der Waals surface area contributed by atoms with Crippen LogP contribution in [0.2, 0.25) is 0 Å². The third kappa shape index (κ3) is 3.24. The van der Waals surface area contributed by atoms with E-state index in [1.807, 2.05) is 13.0 Å². The van der Waals surface area contributed by atoms with Crippen LogP contribution in [0, 0.1) is 0 Å². The van der Waals surface area contributed by atoms with E-state index in [1.54, 1.807) is 23.9 Å². The molecule has 0 N–H and O–H groups in total. The van der Waals surface area contributed by atoms with Gasteiger partial charge in [-0.25, -0.2) is 0 Å². The maximum absolute atomic E-state index is 11.7. The van der Waals surface area contributed by atoms with Crippen molar-refractivity contribution in [1.82, 2.24) is 0 Å². The summed E-state index contributed by atoms with van der Waals surface area (Å²) in [6.07, 6.45) is 8.42. The molecule has 0 aromatic heterocycles. The number of hydrogen-bond acceptors (Lipinski definition) is 2. The van der Waals surface area contributed by atoms with Crippen molar-refractivity contribution in [2.45, 2.75) is 20.3 Å². The standard InChI is InChI=1S/C13H16OS/c1-4-10(5-2)7-11-9-15-12(6-3)8-13(11)14/h4,6-8H,3,5,9H2,1-2H3/b10-4-,11-7+. The van der Waals surface area contributed by atoms with Crippen molar-refractivity contribution in [2.24, 2.45) is 0 Å². The Morgan fingerprint density at radius 3 is 2.87 bits per heavy atom. The van der Waals surface area contributed by atoms with Gasteiger partial charge < -0.3 is 0 Å². The molecule has 0 fully saturated rings. The molecule has 15 heavy (non-hydrogen) atoms. The second-order valence-electron chi connectivity index (χ2n) is 3.29. The molecule has 0 saturated heterocycles. The molecule has 2 heteroatoms. The van der Waals surface area contributed by atoms with Gasteiger partial charge in [0, 0.05) is 16.2 Å². The Bertz CT molecular complexity index is 359. The van der Waals surface area contributed by atoms with E-state index in [4.69, 9.17) is 0 Å². The Morgan fingerprint density at radius 2 is 2.40 bits per heavy atom. The molecule has 0 amide bonds. The molecule has 0 radical (unpaired) electrons. The number of hydrogen-bond donors (Lipinski definition) is 0. The van der Waals surface area contributed by atoms with Gasteiger partial charge in [-0.05, 0) is 19.4 Å². The van der Waals surface area contributed by atoms with Crippen molar-refractivity contribution in [3.05, 3.63) is 46.9 Å². The molecule has 0 aromatic rings. The van der Waals surface area contributed by atoms with E-state index < -0.39 is 0 Å². The van der Waals surface area contributed by atoms with Crippen LogP contribution < -0.4 is 0 Å². The summed E-state index contributed by atoms with van der Waals surface area (Å²) in [7, 11) is 0. The lowest BCUT2D eigenvalue weighted by atomic mass is 10.1. The molecule has 1 rings (SSSR count). The van der Waals surface area contributed by atoms with Crippen LogP contribution in [0.1, 0.15) is 20.3 Å². The fraction of sp³-hybridized carbons (Fsp3) is 0.308. The average Bonchev–Trinajstić information content (AvgIpc) is 2.27. The van der Waals surface area contributed by atoms with Crippen LogP contribution in [0.25, 0.3) is 0 Å². The highest BCUT2D eigenvalue weighted by Crippen LogP contribution is 2.26. The van der Waals surface area contributed by atoms with Crippen LogP contribution in [0.4, 0.5) is 0 Å². The summed E-state index contributed by atoms with van der Waals surface area (Å²) in [6.45, 7) is 7.76. The van der Waals surface area contributed by atoms with Crippen molar-refractivity contribution < 1.29 is 4.79 Å². The van der Waals surface area contributed by atoms with Gasteiger partial charge in [-0.2, -0.15) is 0 Å². The topological polar surface area (TPSA) is 17.1 Å². The van der Waals surface area contributed by atoms with E-state index >= 15 is 0 Å². The molecule has 80 valence electrons. The quantitative estimate of drug-likeness (QED) is 0.675. The lowest BCUT2D eigenvalue weighted by Crippen LogP contribution is -2.07. The van der Waals surface area contributed by atoms with Gasteiger partial charge >= 0.3 is 0 Å². The summed E-state index contributed by atoms with van der Waals surface area (Å²) in [6, 6.07) is 0.